The van der Waals surface area contributed by atoms with Crippen LogP contribution in [0.2, 0.25) is 0 Å². The molecule has 1 aromatic carbocycles. The first kappa shape index (κ1) is 15.0. The molecule has 0 spiro atoms. The molecular weight excluding hydrogens is 274 g/mol. The maximum absolute atomic E-state index is 4.59. The van der Waals surface area contributed by atoms with E-state index in [4.69, 9.17) is 0 Å². The van der Waals surface area contributed by atoms with Gasteiger partial charge >= 0.3 is 0 Å². The van der Waals surface area contributed by atoms with Crippen molar-refractivity contribution in [1.82, 2.24) is 20.1 Å². The molecule has 0 unspecified atom stereocenters. The molecule has 0 aliphatic carbocycles. The third-order valence-electron chi connectivity index (χ3n) is 4.13. The molecule has 2 heterocycles. The van der Waals surface area contributed by atoms with Crippen LogP contribution in [0.1, 0.15) is 19.7 Å². The molecule has 0 amide bonds. The summed E-state index contributed by atoms with van der Waals surface area (Å²) in [5.41, 5.74) is 2.36. The molecule has 5 heteroatoms. The van der Waals surface area contributed by atoms with E-state index in [2.05, 4.69) is 70.1 Å². The normalized spacial score (nSPS) is 16.5. The van der Waals surface area contributed by atoms with Gasteiger partial charge in [-0.15, -0.1) is 0 Å². The van der Waals surface area contributed by atoms with Gasteiger partial charge in [-0.2, -0.15) is 5.10 Å². The molecule has 5 nitrogen and oxygen atoms in total. The average molecular weight is 299 g/mol. The van der Waals surface area contributed by atoms with Crippen molar-refractivity contribution in [3.63, 3.8) is 0 Å². The monoisotopic (exact) mass is 299 g/mol. The number of aromatic nitrogens is 3. The number of rotatable bonds is 4. The molecule has 118 valence electrons. The molecule has 1 saturated heterocycles. The van der Waals surface area contributed by atoms with Gasteiger partial charge in [-0.05, 0) is 37.2 Å². The number of H-pyrrole nitrogens is 1. The Morgan fingerprint density at radius 3 is 2.41 bits per heavy atom. The summed E-state index contributed by atoms with van der Waals surface area (Å²) >= 11 is 0. The molecule has 0 saturated carbocycles. The SMILES string of the molecule is CC(C)Cc1nc(-c2ccc(N3CCN(C)CC3)cc2)n[nH]1. The predicted octanol–water partition coefficient (Wildman–Crippen LogP) is 2.42. The Kier molecular flexibility index (Phi) is 4.43. The average Bonchev–Trinajstić information content (AvgIpc) is 2.96. The minimum absolute atomic E-state index is 0.584. The fraction of sp³-hybridized carbons (Fsp3) is 0.529. The largest absolute Gasteiger partial charge is 0.369 e. The molecule has 0 atom stereocenters. The quantitative estimate of drug-likeness (QED) is 0.942. The summed E-state index contributed by atoms with van der Waals surface area (Å²) in [6.45, 7) is 8.81. The molecule has 1 aromatic heterocycles. The second kappa shape index (κ2) is 6.48. The Labute approximate surface area is 132 Å². The van der Waals surface area contributed by atoms with E-state index in [1.807, 2.05) is 0 Å². The number of anilines is 1. The fourth-order valence-electron chi connectivity index (χ4n) is 2.79. The number of aromatic amines is 1. The van der Waals surface area contributed by atoms with Gasteiger partial charge in [0.25, 0.3) is 0 Å². The summed E-state index contributed by atoms with van der Waals surface area (Å²) in [6, 6.07) is 8.60. The highest BCUT2D eigenvalue weighted by molar-refractivity contribution is 5.60. The first-order chi connectivity index (χ1) is 10.6. The molecule has 1 aliphatic heterocycles. The molecular formula is C17H25N5. The number of hydrogen-bond donors (Lipinski definition) is 1. The van der Waals surface area contributed by atoms with Crippen LogP contribution in [-0.2, 0) is 6.42 Å². The molecule has 2 aromatic rings. The van der Waals surface area contributed by atoms with E-state index in [0.29, 0.717) is 5.92 Å². The number of piperazine rings is 1. The van der Waals surface area contributed by atoms with Gasteiger partial charge in [0.05, 0.1) is 0 Å². The number of hydrogen-bond acceptors (Lipinski definition) is 4. The van der Waals surface area contributed by atoms with Crippen LogP contribution in [0, 0.1) is 5.92 Å². The van der Waals surface area contributed by atoms with E-state index < -0.39 is 0 Å². The highest BCUT2D eigenvalue weighted by Crippen LogP contribution is 2.22. The number of benzene rings is 1. The van der Waals surface area contributed by atoms with Crippen molar-refractivity contribution in [2.75, 3.05) is 38.1 Å². The second-order valence-electron chi connectivity index (χ2n) is 6.54. The van der Waals surface area contributed by atoms with Crippen LogP contribution in [-0.4, -0.2) is 53.3 Å². The summed E-state index contributed by atoms with van der Waals surface area (Å²) < 4.78 is 0. The van der Waals surface area contributed by atoms with E-state index in [1.165, 1.54) is 5.69 Å². The van der Waals surface area contributed by atoms with Crippen LogP contribution in [0.15, 0.2) is 24.3 Å². The third kappa shape index (κ3) is 3.47. The zero-order valence-corrected chi connectivity index (χ0v) is 13.7. The van der Waals surface area contributed by atoms with E-state index in [1.54, 1.807) is 0 Å². The van der Waals surface area contributed by atoms with Crippen molar-refractivity contribution < 1.29 is 0 Å². The van der Waals surface area contributed by atoms with Gasteiger partial charge in [-0.25, -0.2) is 4.98 Å². The van der Waals surface area contributed by atoms with Crippen LogP contribution >= 0.6 is 0 Å². The highest BCUT2D eigenvalue weighted by Gasteiger charge is 2.14. The van der Waals surface area contributed by atoms with E-state index >= 15 is 0 Å². The topological polar surface area (TPSA) is 48.1 Å². The predicted molar refractivity (Wildman–Crippen MR) is 90.1 cm³/mol. The van der Waals surface area contributed by atoms with Crippen molar-refractivity contribution in [2.24, 2.45) is 5.92 Å². The fourth-order valence-corrected chi connectivity index (χ4v) is 2.79. The third-order valence-corrected chi connectivity index (χ3v) is 4.13. The molecule has 0 bridgehead atoms. The standard InChI is InChI=1S/C17H25N5/c1-13(2)12-16-18-17(20-19-16)14-4-6-15(7-5-14)22-10-8-21(3)9-11-22/h4-7,13H,8-12H2,1-3H3,(H,18,19,20). The first-order valence-electron chi connectivity index (χ1n) is 8.07. The van der Waals surface area contributed by atoms with Crippen LogP contribution in [0.3, 0.4) is 0 Å². The second-order valence-corrected chi connectivity index (χ2v) is 6.54. The molecule has 1 aliphatic rings. The lowest BCUT2D eigenvalue weighted by molar-refractivity contribution is 0.313. The van der Waals surface area contributed by atoms with Crippen LogP contribution in [0.5, 0.6) is 0 Å². The van der Waals surface area contributed by atoms with Crippen LogP contribution in [0.25, 0.3) is 11.4 Å². The smallest absolute Gasteiger partial charge is 0.181 e. The van der Waals surface area contributed by atoms with E-state index in [9.17, 15) is 0 Å². The lowest BCUT2D eigenvalue weighted by atomic mass is 10.1. The lowest BCUT2D eigenvalue weighted by Crippen LogP contribution is -2.44. The summed E-state index contributed by atoms with van der Waals surface area (Å²) in [5.74, 6) is 2.34. The van der Waals surface area contributed by atoms with Crippen LogP contribution in [0.4, 0.5) is 5.69 Å². The highest BCUT2D eigenvalue weighted by atomic mass is 15.2. The maximum atomic E-state index is 4.59. The summed E-state index contributed by atoms with van der Waals surface area (Å²) in [6.07, 6.45) is 0.937. The first-order valence-corrected chi connectivity index (χ1v) is 8.07. The lowest BCUT2D eigenvalue weighted by Gasteiger charge is -2.34. The summed E-state index contributed by atoms with van der Waals surface area (Å²) in [5, 5.41) is 7.38. The molecule has 3 rings (SSSR count). The maximum Gasteiger partial charge on any atom is 0.181 e. The van der Waals surface area contributed by atoms with Gasteiger partial charge in [-0.3, -0.25) is 5.10 Å². The van der Waals surface area contributed by atoms with E-state index in [-0.39, 0.29) is 0 Å². The van der Waals surface area contributed by atoms with Crippen molar-refractivity contribution in [3.05, 3.63) is 30.1 Å². The van der Waals surface area contributed by atoms with E-state index in [0.717, 1.165) is 49.8 Å². The van der Waals surface area contributed by atoms with Crippen LogP contribution < -0.4 is 4.90 Å². The van der Waals surface area contributed by atoms with Crippen molar-refractivity contribution in [2.45, 2.75) is 20.3 Å². The Morgan fingerprint density at radius 1 is 1.09 bits per heavy atom. The Balaban J connectivity index is 1.70. The van der Waals surface area contributed by atoms with Crippen molar-refractivity contribution >= 4 is 5.69 Å². The van der Waals surface area contributed by atoms with Gasteiger partial charge in [0, 0.05) is 43.9 Å². The molecule has 0 radical (unpaired) electrons. The zero-order chi connectivity index (χ0) is 15.5. The van der Waals surface area contributed by atoms with Gasteiger partial charge in [-0.1, -0.05) is 13.8 Å². The van der Waals surface area contributed by atoms with Gasteiger partial charge in [0.1, 0.15) is 5.82 Å². The Hall–Kier alpha value is -1.88. The molecule has 1 fully saturated rings. The minimum atomic E-state index is 0.584. The number of nitrogens with one attached hydrogen (secondary N) is 1. The van der Waals surface area contributed by atoms with Crippen molar-refractivity contribution in [3.8, 4) is 11.4 Å². The summed E-state index contributed by atoms with van der Waals surface area (Å²) in [7, 11) is 2.18. The van der Waals surface area contributed by atoms with Gasteiger partial charge < -0.3 is 9.80 Å². The van der Waals surface area contributed by atoms with Gasteiger partial charge in [0.2, 0.25) is 0 Å². The Morgan fingerprint density at radius 2 is 1.77 bits per heavy atom. The molecule has 22 heavy (non-hydrogen) atoms. The van der Waals surface area contributed by atoms with Gasteiger partial charge in [0.15, 0.2) is 5.82 Å². The number of nitrogens with zero attached hydrogens (tertiary/aromatic N) is 4. The Bertz CT molecular complexity index is 594. The molecule has 1 N–H and O–H groups in total. The van der Waals surface area contributed by atoms with Crippen molar-refractivity contribution in [1.29, 1.82) is 0 Å². The minimum Gasteiger partial charge on any atom is -0.369 e. The zero-order valence-electron chi connectivity index (χ0n) is 13.7. The summed E-state index contributed by atoms with van der Waals surface area (Å²) in [4.78, 5) is 9.39. The number of likely N-dealkylation sites (N-methyl/N-ethyl adjacent to an activating group) is 1.